The smallest absolute Gasteiger partial charge is 0.342 e. The van der Waals surface area contributed by atoms with E-state index in [0.717, 1.165) is 23.1 Å². The molecule has 1 heterocycles. The Balaban J connectivity index is 2.20. The Morgan fingerprint density at radius 2 is 1.56 bits per heavy atom. The Morgan fingerprint density at radius 1 is 0.960 bits per heavy atom. The molecule has 3 nitrogen and oxygen atoms in total. The van der Waals surface area contributed by atoms with Crippen molar-refractivity contribution in [2.75, 3.05) is 6.61 Å². The molecule has 3 heteroatoms. The number of ether oxygens (including phenoxy) is 2. The molecular weight excluding hydrogens is 312 g/mol. The maximum absolute atomic E-state index is 12.8. The molecule has 0 aromatic heterocycles. The molecule has 1 aliphatic heterocycles. The fraction of sp³-hybridized carbons (Fsp3) is 0.227. The van der Waals surface area contributed by atoms with Crippen LogP contribution in [0.4, 0.5) is 0 Å². The number of hydrogen-bond acceptors (Lipinski definition) is 3. The van der Waals surface area contributed by atoms with E-state index in [0.29, 0.717) is 17.9 Å². The van der Waals surface area contributed by atoms with Gasteiger partial charge in [0.25, 0.3) is 0 Å². The van der Waals surface area contributed by atoms with Crippen LogP contribution >= 0.6 is 0 Å². The molecule has 0 bridgehead atoms. The topological polar surface area (TPSA) is 35.5 Å². The van der Waals surface area contributed by atoms with Crippen LogP contribution in [-0.4, -0.2) is 18.7 Å². The number of esters is 1. The number of carbonyl (C=O) groups excluding carboxylic acids is 1. The van der Waals surface area contributed by atoms with Crippen molar-refractivity contribution in [2.24, 2.45) is 0 Å². The summed E-state index contributed by atoms with van der Waals surface area (Å²) >= 11 is 0. The van der Waals surface area contributed by atoms with E-state index >= 15 is 0 Å². The highest BCUT2D eigenvalue weighted by Gasteiger charge is 2.30. The summed E-state index contributed by atoms with van der Waals surface area (Å²) in [4.78, 5) is 12.8. The largest absolute Gasteiger partial charge is 0.485 e. The Morgan fingerprint density at radius 3 is 2.12 bits per heavy atom. The maximum atomic E-state index is 12.8. The molecular formula is C22H22O3. The number of rotatable bonds is 5. The van der Waals surface area contributed by atoms with Crippen LogP contribution in [0.3, 0.4) is 0 Å². The van der Waals surface area contributed by atoms with E-state index in [1.807, 2.05) is 73.7 Å². The Labute approximate surface area is 148 Å². The minimum atomic E-state index is -0.356. The van der Waals surface area contributed by atoms with Gasteiger partial charge >= 0.3 is 5.97 Å². The van der Waals surface area contributed by atoms with Gasteiger partial charge in [-0.05, 0) is 30.6 Å². The van der Waals surface area contributed by atoms with Crippen LogP contribution in [0, 0.1) is 0 Å². The summed E-state index contributed by atoms with van der Waals surface area (Å²) in [5, 5.41) is 0. The van der Waals surface area contributed by atoms with Gasteiger partial charge in [-0.1, -0.05) is 67.6 Å². The molecule has 0 fully saturated rings. The molecule has 3 rings (SSSR count). The second kappa shape index (κ2) is 7.84. The van der Waals surface area contributed by atoms with Gasteiger partial charge in [-0.3, -0.25) is 0 Å². The third kappa shape index (κ3) is 3.66. The van der Waals surface area contributed by atoms with Crippen LogP contribution in [0.5, 0.6) is 0 Å². The van der Waals surface area contributed by atoms with E-state index in [2.05, 4.69) is 6.92 Å². The van der Waals surface area contributed by atoms with Gasteiger partial charge in [0, 0.05) is 5.56 Å². The molecule has 1 atom stereocenters. The third-order valence-electron chi connectivity index (χ3n) is 4.12. The number of carbonyl (C=O) groups is 1. The first-order chi connectivity index (χ1) is 12.2. The van der Waals surface area contributed by atoms with Gasteiger partial charge in [0.15, 0.2) is 0 Å². The van der Waals surface area contributed by atoms with Gasteiger partial charge < -0.3 is 9.47 Å². The lowest BCUT2D eigenvalue weighted by Crippen LogP contribution is -2.21. The zero-order valence-corrected chi connectivity index (χ0v) is 14.6. The lowest BCUT2D eigenvalue weighted by Gasteiger charge is -2.27. The van der Waals surface area contributed by atoms with Crippen molar-refractivity contribution in [1.82, 2.24) is 0 Å². The monoisotopic (exact) mass is 334 g/mol. The van der Waals surface area contributed by atoms with Crippen molar-refractivity contribution in [3.05, 3.63) is 83.4 Å². The number of hydrogen-bond donors (Lipinski definition) is 0. The first kappa shape index (κ1) is 17.0. The molecule has 2 aromatic rings. The van der Waals surface area contributed by atoms with Gasteiger partial charge in [-0.25, -0.2) is 4.79 Å². The summed E-state index contributed by atoms with van der Waals surface area (Å²) in [5.41, 5.74) is 3.23. The molecule has 1 unspecified atom stereocenters. The Kier molecular flexibility index (Phi) is 5.34. The molecule has 25 heavy (non-hydrogen) atoms. The van der Waals surface area contributed by atoms with Crippen LogP contribution in [0.15, 0.2) is 72.3 Å². The highest BCUT2D eigenvalue weighted by Crippen LogP contribution is 2.37. The lowest BCUT2D eigenvalue weighted by atomic mass is 9.91. The summed E-state index contributed by atoms with van der Waals surface area (Å²) in [7, 11) is 0. The SMILES string of the molecule is CCOC(=O)C1=C(c2ccccc2)OC(CC)C=C1c1ccccc1. The van der Waals surface area contributed by atoms with Gasteiger partial charge in [-0.15, -0.1) is 0 Å². The second-order valence-electron chi connectivity index (χ2n) is 5.80. The highest BCUT2D eigenvalue weighted by molar-refractivity contribution is 6.12. The van der Waals surface area contributed by atoms with Crippen LogP contribution in [0.1, 0.15) is 31.4 Å². The van der Waals surface area contributed by atoms with E-state index < -0.39 is 0 Å². The van der Waals surface area contributed by atoms with Crippen molar-refractivity contribution in [3.63, 3.8) is 0 Å². The standard InChI is InChI=1S/C22H22O3/c1-3-18-15-19(16-11-7-5-8-12-16)20(22(23)24-4-2)21(25-18)17-13-9-6-10-14-17/h5-15,18H,3-4H2,1-2H3. The minimum absolute atomic E-state index is 0.0800. The molecule has 2 aromatic carbocycles. The van der Waals surface area contributed by atoms with Gasteiger partial charge in [0.2, 0.25) is 0 Å². The second-order valence-corrected chi connectivity index (χ2v) is 5.80. The van der Waals surface area contributed by atoms with Crippen molar-refractivity contribution >= 4 is 17.3 Å². The van der Waals surface area contributed by atoms with Crippen molar-refractivity contribution < 1.29 is 14.3 Å². The van der Waals surface area contributed by atoms with E-state index in [-0.39, 0.29) is 12.1 Å². The third-order valence-corrected chi connectivity index (χ3v) is 4.12. The predicted molar refractivity (Wildman–Crippen MR) is 99.6 cm³/mol. The summed E-state index contributed by atoms with van der Waals surface area (Å²) in [5.74, 6) is 0.235. The zero-order valence-electron chi connectivity index (χ0n) is 14.6. The van der Waals surface area contributed by atoms with Crippen molar-refractivity contribution in [3.8, 4) is 0 Å². The summed E-state index contributed by atoms with van der Waals surface area (Å²) in [6.07, 6.45) is 2.76. The summed E-state index contributed by atoms with van der Waals surface area (Å²) in [6.45, 7) is 4.20. The fourth-order valence-electron chi connectivity index (χ4n) is 2.90. The normalized spacial score (nSPS) is 16.9. The Hall–Kier alpha value is -2.81. The van der Waals surface area contributed by atoms with Crippen LogP contribution in [-0.2, 0) is 14.3 Å². The molecule has 128 valence electrons. The molecule has 0 aliphatic carbocycles. The highest BCUT2D eigenvalue weighted by atomic mass is 16.5. The van der Waals surface area contributed by atoms with E-state index in [1.165, 1.54) is 0 Å². The summed E-state index contributed by atoms with van der Waals surface area (Å²) in [6, 6.07) is 19.7. The van der Waals surface area contributed by atoms with Gasteiger partial charge in [-0.2, -0.15) is 0 Å². The van der Waals surface area contributed by atoms with Gasteiger partial charge in [0.05, 0.1) is 6.61 Å². The zero-order chi connectivity index (χ0) is 17.6. The average molecular weight is 334 g/mol. The van der Waals surface area contributed by atoms with Gasteiger partial charge in [0.1, 0.15) is 17.4 Å². The fourth-order valence-corrected chi connectivity index (χ4v) is 2.90. The van der Waals surface area contributed by atoms with Crippen molar-refractivity contribution in [1.29, 1.82) is 0 Å². The first-order valence-electron chi connectivity index (χ1n) is 8.65. The van der Waals surface area contributed by atoms with E-state index in [4.69, 9.17) is 9.47 Å². The Bertz CT molecular complexity index is 789. The molecule has 1 aliphatic rings. The lowest BCUT2D eigenvalue weighted by molar-refractivity contribution is -0.138. The van der Waals surface area contributed by atoms with Crippen LogP contribution in [0.2, 0.25) is 0 Å². The molecule has 0 spiro atoms. The maximum Gasteiger partial charge on any atom is 0.342 e. The number of benzene rings is 2. The minimum Gasteiger partial charge on any atom is -0.485 e. The van der Waals surface area contributed by atoms with E-state index in [1.54, 1.807) is 0 Å². The predicted octanol–water partition coefficient (Wildman–Crippen LogP) is 4.85. The summed E-state index contributed by atoms with van der Waals surface area (Å²) < 4.78 is 11.5. The molecule has 0 N–H and O–H groups in total. The van der Waals surface area contributed by atoms with Crippen LogP contribution in [0.25, 0.3) is 11.3 Å². The molecule has 0 saturated heterocycles. The molecule has 0 radical (unpaired) electrons. The van der Waals surface area contributed by atoms with Crippen molar-refractivity contribution in [2.45, 2.75) is 26.4 Å². The van der Waals surface area contributed by atoms with E-state index in [9.17, 15) is 4.79 Å². The average Bonchev–Trinajstić information content (AvgIpc) is 2.68. The quantitative estimate of drug-likeness (QED) is 0.733. The molecule has 0 amide bonds. The van der Waals surface area contributed by atoms with Crippen LogP contribution < -0.4 is 0 Å². The first-order valence-corrected chi connectivity index (χ1v) is 8.65. The molecule has 0 saturated carbocycles.